The van der Waals surface area contributed by atoms with Gasteiger partial charge >= 0.3 is 0 Å². The maximum absolute atomic E-state index is 13.6. The van der Waals surface area contributed by atoms with Crippen LogP contribution in [0.25, 0.3) is 0 Å². The highest BCUT2D eigenvalue weighted by molar-refractivity contribution is 6.31. The van der Waals surface area contributed by atoms with E-state index in [2.05, 4.69) is 10.6 Å². The van der Waals surface area contributed by atoms with E-state index < -0.39 is 0 Å². The van der Waals surface area contributed by atoms with Gasteiger partial charge in [-0.2, -0.15) is 0 Å². The first kappa shape index (κ1) is 18.0. The first-order chi connectivity index (χ1) is 12.6. The summed E-state index contributed by atoms with van der Waals surface area (Å²) >= 11 is 6.14. The second-order valence-corrected chi connectivity index (χ2v) is 6.25. The highest BCUT2D eigenvalue weighted by Gasteiger charge is 2.08. The Labute approximate surface area is 156 Å². The quantitative estimate of drug-likeness (QED) is 0.622. The molecule has 2 N–H and O–H groups in total. The van der Waals surface area contributed by atoms with E-state index in [1.165, 1.54) is 6.07 Å². The number of anilines is 2. The average molecular weight is 369 g/mol. The molecule has 0 bridgehead atoms. The minimum absolute atomic E-state index is 0.000812. The molecular weight excluding hydrogens is 351 g/mol. The van der Waals surface area contributed by atoms with Gasteiger partial charge in [0.25, 0.3) is 0 Å². The summed E-state index contributed by atoms with van der Waals surface area (Å²) in [7, 11) is 0. The molecule has 0 unspecified atom stereocenters. The third-order valence-corrected chi connectivity index (χ3v) is 4.29. The molecule has 1 amide bonds. The average Bonchev–Trinajstić information content (AvgIpc) is 2.64. The summed E-state index contributed by atoms with van der Waals surface area (Å²) < 4.78 is 13.6. The first-order valence-corrected chi connectivity index (χ1v) is 8.60. The van der Waals surface area contributed by atoms with E-state index in [1.54, 1.807) is 30.3 Å². The molecule has 0 atom stereocenters. The van der Waals surface area contributed by atoms with Gasteiger partial charge in [0.05, 0.1) is 6.42 Å². The summed E-state index contributed by atoms with van der Waals surface area (Å²) in [5, 5.41) is 6.78. The van der Waals surface area contributed by atoms with Crippen LogP contribution in [0.1, 0.15) is 11.1 Å². The molecule has 0 fully saturated rings. The number of hydrogen-bond donors (Lipinski definition) is 2. The Kier molecular flexibility index (Phi) is 5.87. The monoisotopic (exact) mass is 368 g/mol. The van der Waals surface area contributed by atoms with Gasteiger partial charge in [0.15, 0.2) is 0 Å². The highest BCUT2D eigenvalue weighted by Crippen LogP contribution is 2.19. The van der Waals surface area contributed by atoms with Gasteiger partial charge in [0.2, 0.25) is 5.91 Å². The van der Waals surface area contributed by atoms with Gasteiger partial charge in [-0.25, -0.2) is 4.39 Å². The van der Waals surface area contributed by atoms with Crippen molar-refractivity contribution in [2.24, 2.45) is 0 Å². The van der Waals surface area contributed by atoms with Crippen LogP contribution in [0.15, 0.2) is 72.8 Å². The third kappa shape index (κ3) is 4.83. The van der Waals surface area contributed by atoms with Crippen LogP contribution in [0, 0.1) is 5.82 Å². The minimum atomic E-state index is -0.373. The van der Waals surface area contributed by atoms with Crippen molar-refractivity contribution in [1.29, 1.82) is 0 Å². The first-order valence-electron chi connectivity index (χ1n) is 8.22. The number of carbonyl (C=O) groups is 1. The zero-order valence-electron chi connectivity index (χ0n) is 14.0. The Morgan fingerprint density at radius 1 is 0.846 bits per heavy atom. The van der Waals surface area contributed by atoms with Crippen molar-refractivity contribution in [2.45, 2.75) is 13.0 Å². The number of benzene rings is 3. The van der Waals surface area contributed by atoms with Crippen LogP contribution >= 0.6 is 11.6 Å². The van der Waals surface area contributed by atoms with Crippen LogP contribution in [-0.2, 0) is 17.8 Å². The Bertz CT molecular complexity index is 897. The van der Waals surface area contributed by atoms with Crippen LogP contribution in [-0.4, -0.2) is 5.91 Å². The zero-order valence-corrected chi connectivity index (χ0v) is 14.8. The lowest BCUT2D eigenvalue weighted by molar-refractivity contribution is -0.115. The van der Waals surface area contributed by atoms with Crippen LogP contribution < -0.4 is 10.6 Å². The second-order valence-electron chi connectivity index (χ2n) is 5.84. The number of nitrogens with one attached hydrogen (secondary N) is 2. The molecule has 26 heavy (non-hydrogen) atoms. The topological polar surface area (TPSA) is 41.1 Å². The largest absolute Gasteiger partial charge is 0.381 e. The lowest BCUT2D eigenvalue weighted by Gasteiger charge is -2.10. The van der Waals surface area contributed by atoms with Crippen LogP contribution in [0.4, 0.5) is 15.8 Å². The van der Waals surface area contributed by atoms with Gasteiger partial charge < -0.3 is 10.6 Å². The summed E-state index contributed by atoms with van der Waals surface area (Å²) in [5.74, 6) is -0.631. The Balaban J connectivity index is 1.55. The summed E-state index contributed by atoms with van der Waals surface area (Å²) in [5.41, 5.74) is 2.96. The van der Waals surface area contributed by atoms with Crippen molar-refractivity contribution in [1.82, 2.24) is 0 Å². The molecule has 0 saturated heterocycles. The van der Waals surface area contributed by atoms with E-state index in [-0.39, 0.29) is 18.1 Å². The molecule has 3 rings (SSSR count). The second kappa shape index (κ2) is 8.50. The molecule has 0 aliphatic heterocycles. The van der Waals surface area contributed by atoms with E-state index in [4.69, 9.17) is 11.6 Å². The Hall–Kier alpha value is -2.85. The molecule has 0 aliphatic rings. The lowest BCUT2D eigenvalue weighted by atomic mass is 10.1. The zero-order chi connectivity index (χ0) is 18.4. The van der Waals surface area contributed by atoms with Crippen molar-refractivity contribution < 1.29 is 9.18 Å². The molecule has 132 valence electrons. The predicted molar refractivity (Wildman–Crippen MR) is 104 cm³/mol. The molecule has 0 saturated carbocycles. The fourth-order valence-corrected chi connectivity index (χ4v) is 2.73. The molecule has 3 nitrogen and oxygen atoms in total. The van der Waals surface area contributed by atoms with Crippen molar-refractivity contribution in [3.63, 3.8) is 0 Å². The van der Waals surface area contributed by atoms with Crippen molar-refractivity contribution >= 4 is 28.9 Å². The molecule has 0 spiro atoms. The van der Waals surface area contributed by atoms with Gasteiger partial charge in [0, 0.05) is 22.9 Å². The van der Waals surface area contributed by atoms with E-state index in [9.17, 15) is 9.18 Å². The van der Waals surface area contributed by atoms with E-state index >= 15 is 0 Å². The predicted octanol–water partition coefficient (Wildman–Crippen LogP) is 5.27. The number of halogens is 2. The summed E-state index contributed by atoms with van der Waals surface area (Å²) in [4.78, 5) is 12.1. The van der Waals surface area contributed by atoms with Crippen LogP contribution in [0.2, 0.25) is 5.02 Å². The Morgan fingerprint density at radius 2 is 1.46 bits per heavy atom. The van der Waals surface area contributed by atoms with E-state index in [1.807, 2.05) is 36.4 Å². The molecule has 0 heterocycles. The normalized spacial score (nSPS) is 10.4. The summed E-state index contributed by atoms with van der Waals surface area (Å²) in [6.45, 7) is 0.610. The molecule has 3 aromatic rings. The van der Waals surface area contributed by atoms with Gasteiger partial charge in [-0.15, -0.1) is 0 Å². The van der Waals surface area contributed by atoms with Crippen LogP contribution in [0.5, 0.6) is 0 Å². The maximum atomic E-state index is 13.6. The minimum Gasteiger partial charge on any atom is -0.381 e. The molecule has 0 aromatic heterocycles. The van der Waals surface area contributed by atoms with Crippen LogP contribution in [0.3, 0.4) is 0 Å². The highest BCUT2D eigenvalue weighted by atomic mass is 35.5. The lowest BCUT2D eigenvalue weighted by Crippen LogP contribution is -2.15. The standard InChI is InChI=1S/C21H18ClFN2O/c22-19-7-3-1-6-16(19)14-24-17-9-11-18(12-10-17)25-21(26)13-15-5-2-4-8-20(15)23/h1-12,24H,13-14H2,(H,25,26). The number of carbonyl (C=O) groups excluding carboxylic acids is 1. The summed E-state index contributed by atoms with van der Waals surface area (Å²) in [6.07, 6.45) is -0.000812. The SMILES string of the molecule is O=C(Cc1ccccc1F)Nc1ccc(NCc2ccccc2Cl)cc1. The molecule has 0 radical (unpaired) electrons. The molecule has 3 aromatic carbocycles. The van der Waals surface area contributed by atoms with E-state index in [0.717, 1.165) is 16.3 Å². The molecular formula is C21H18ClFN2O. The molecule has 0 aliphatic carbocycles. The fraction of sp³-hybridized carbons (Fsp3) is 0.0952. The van der Waals surface area contributed by atoms with Gasteiger partial charge in [-0.05, 0) is 47.5 Å². The summed E-state index contributed by atoms with van der Waals surface area (Å²) in [6, 6.07) is 21.3. The smallest absolute Gasteiger partial charge is 0.228 e. The van der Waals surface area contributed by atoms with Gasteiger partial charge in [-0.1, -0.05) is 48.0 Å². The Morgan fingerprint density at radius 3 is 2.15 bits per heavy atom. The third-order valence-electron chi connectivity index (χ3n) is 3.92. The van der Waals surface area contributed by atoms with Crippen molar-refractivity contribution in [2.75, 3.05) is 10.6 Å². The number of rotatable bonds is 6. The number of amides is 1. The maximum Gasteiger partial charge on any atom is 0.228 e. The fourth-order valence-electron chi connectivity index (χ4n) is 2.53. The van der Waals surface area contributed by atoms with Gasteiger partial charge in [0.1, 0.15) is 5.82 Å². The molecule has 5 heteroatoms. The van der Waals surface area contributed by atoms with Crippen molar-refractivity contribution in [3.05, 3.63) is 94.8 Å². The van der Waals surface area contributed by atoms with Crippen molar-refractivity contribution in [3.8, 4) is 0 Å². The number of hydrogen-bond acceptors (Lipinski definition) is 2. The van der Waals surface area contributed by atoms with Gasteiger partial charge in [-0.3, -0.25) is 4.79 Å². The van der Waals surface area contributed by atoms with E-state index in [0.29, 0.717) is 17.8 Å².